The predicted octanol–water partition coefficient (Wildman–Crippen LogP) is -0.0202. The van der Waals surface area contributed by atoms with Gasteiger partial charge in [0.25, 0.3) is 0 Å². The number of H-pyrrole nitrogens is 1. The summed E-state index contributed by atoms with van der Waals surface area (Å²) in [5, 5.41) is 18.9. The molecular formula is C11H15N5O4S. The molecule has 0 aliphatic rings. The van der Waals surface area contributed by atoms with Gasteiger partial charge >= 0.3 is 5.97 Å². The Morgan fingerprint density at radius 3 is 2.86 bits per heavy atom. The van der Waals surface area contributed by atoms with Crippen LogP contribution in [0.2, 0.25) is 0 Å². The summed E-state index contributed by atoms with van der Waals surface area (Å²) in [6.45, 7) is 3.44. The average Bonchev–Trinajstić information content (AvgIpc) is 2.97. The topological polar surface area (TPSA) is 130 Å². The molecule has 0 aromatic carbocycles. The molecule has 0 saturated heterocycles. The van der Waals surface area contributed by atoms with Crippen LogP contribution in [0.25, 0.3) is 0 Å². The van der Waals surface area contributed by atoms with Gasteiger partial charge in [0.15, 0.2) is 5.69 Å². The standard InChI is InChI=1S/C11H15N5O4S/c1-7(6-16-5-3-4-12-16)15-21(19,20)10-8(2)13-14-9(10)11(17)18/h3-5,7,15H,6H2,1-2H3,(H,13,14)(H,17,18). The summed E-state index contributed by atoms with van der Waals surface area (Å²) < 4.78 is 28.6. The first-order valence-corrected chi connectivity index (χ1v) is 7.57. The minimum Gasteiger partial charge on any atom is -0.476 e. The van der Waals surface area contributed by atoms with E-state index in [4.69, 9.17) is 5.11 Å². The Morgan fingerprint density at radius 1 is 1.57 bits per heavy atom. The fraction of sp³-hybridized carbons (Fsp3) is 0.364. The first kappa shape index (κ1) is 15.2. The normalized spacial score (nSPS) is 13.2. The van der Waals surface area contributed by atoms with Crippen LogP contribution in [0.5, 0.6) is 0 Å². The second-order valence-electron chi connectivity index (χ2n) is 4.58. The third kappa shape index (κ3) is 3.28. The summed E-state index contributed by atoms with van der Waals surface area (Å²) >= 11 is 0. The van der Waals surface area contributed by atoms with Gasteiger partial charge in [0.05, 0.1) is 12.2 Å². The van der Waals surface area contributed by atoms with Crippen molar-refractivity contribution in [2.24, 2.45) is 0 Å². The van der Waals surface area contributed by atoms with E-state index in [1.807, 2.05) is 0 Å². The van der Waals surface area contributed by atoms with Crippen LogP contribution in [0, 0.1) is 6.92 Å². The van der Waals surface area contributed by atoms with Crippen LogP contribution in [0.3, 0.4) is 0 Å². The second-order valence-corrected chi connectivity index (χ2v) is 6.23. The fourth-order valence-electron chi connectivity index (χ4n) is 1.94. The molecule has 21 heavy (non-hydrogen) atoms. The minimum absolute atomic E-state index is 0.172. The monoisotopic (exact) mass is 313 g/mol. The number of aromatic carboxylic acids is 1. The van der Waals surface area contributed by atoms with Gasteiger partial charge in [-0.3, -0.25) is 9.78 Å². The van der Waals surface area contributed by atoms with Gasteiger partial charge in [0.2, 0.25) is 10.0 Å². The SMILES string of the molecule is Cc1[nH]nc(C(=O)O)c1S(=O)(=O)NC(C)Cn1cccn1. The van der Waals surface area contributed by atoms with Crippen LogP contribution >= 0.6 is 0 Å². The van der Waals surface area contributed by atoms with Crippen molar-refractivity contribution < 1.29 is 18.3 Å². The molecule has 0 bridgehead atoms. The van der Waals surface area contributed by atoms with E-state index in [0.29, 0.717) is 6.54 Å². The minimum atomic E-state index is -3.99. The van der Waals surface area contributed by atoms with Crippen LogP contribution in [0.15, 0.2) is 23.4 Å². The van der Waals surface area contributed by atoms with Gasteiger partial charge in [0, 0.05) is 18.4 Å². The molecule has 2 rings (SSSR count). The molecule has 1 unspecified atom stereocenters. The number of rotatable bonds is 6. The maximum absolute atomic E-state index is 12.3. The third-order valence-electron chi connectivity index (χ3n) is 2.74. The number of carbonyl (C=O) groups is 1. The van der Waals surface area contributed by atoms with Crippen molar-refractivity contribution in [3.8, 4) is 0 Å². The number of aryl methyl sites for hydroxylation is 1. The van der Waals surface area contributed by atoms with Crippen LogP contribution in [-0.2, 0) is 16.6 Å². The van der Waals surface area contributed by atoms with Gasteiger partial charge in [0.1, 0.15) is 4.90 Å². The Morgan fingerprint density at radius 2 is 2.29 bits per heavy atom. The molecule has 0 saturated carbocycles. The van der Waals surface area contributed by atoms with E-state index in [2.05, 4.69) is 20.0 Å². The molecular weight excluding hydrogens is 298 g/mol. The van der Waals surface area contributed by atoms with E-state index in [0.717, 1.165) is 0 Å². The van der Waals surface area contributed by atoms with Crippen molar-refractivity contribution in [2.75, 3.05) is 0 Å². The van der Waals surface area contributed by atoms with Crippen molar-refractivity contribution >= 4 is 16.0 Å². The van der Waals surface area contributed by atoms with Crippen LogP contribution in [-0.4, -0.2) is 45.5 Å². The van der Waals surface area contributed by atoms with Crippen LogP contribution < -0.4 is 4.72 Å². The van der Waals surface area contributed by atoms with E-state index < -0.39 is 27.7 Å². The maximum atomic E-state index is 12.3. The van der Waals surface area contributed by atoms with Crippen molar-refractivity contribution in [2.45, 2.75) is 31.3 Å². The molecule has 9 nitrogen and oxygen atoms in total. The lowest BCUT2D eigenvalue weighted by atomic mass is 10.4. The molecule has 0 amide bonds. The van der Waals surface area contributed by atoms with Crippen molar-refractivity contribution in [3.63, 3.8) is 0 Å². The van der Waals surface area contributed by atoms with Gasteiger partial charge in [-0.2, -0.15) is 10.2 Å². The number of sulfonamides is 1. The zero-order chi connectivity index (χ0) is 15.6. The van der Waals surface area contributed by atoms with Crippen LogP contribution in [0.1, 0.15) is 23.1 Å². The number of carboxylic acids is 1. The molecule has 0 spiro atoms. The zero-order valence-electron chi connectivity index (χ0n) is 11.4. The van der Waals surface area contributed by atoms with Crippen molar-refractivity contribution in [1.29, 1.82) is 0 Å². The highest BCUT2D eigenvalue weighted by Gasteiger charge is 2.29. The largest absolute Gasteiger partial charge is 0.476 e. The van der Waals surface area contributed by atoms with Gasteiger partial charge in [-0.15, -0.1) is 0 Å². The number of nitrogens with one attached hydrogen (secondary N) is 2. The predicted molar refractivity (Wildman–Crippen MR) is 72.3 cm³/mol. The lowest BCUT2D eigenvalue weighted by molar-refractivity contribution is 0.0686. The van der Waals surface area contributed by atoms with Crippen LogP contribution in [0.4, 0.5) is 0 Å². The van der Waals surface area contributed by atoms with Gasteiger partial charge < -0.3 is 5.11 Å². The number of nitrogens with zero attached hydrogens (tertiary/aromatic N) is 3. The number of aromatic nitrogens is 4. The van der Waals surface area contributed by atoms with Crippen molar-refractivity contribution in [3.05, 3.63) is 29.8 Å². The molecule has 1 atom stereocenters. The number of hydrogen-bond donors (Lipinski definition) is 3. The van der Waals surface area contributed by atoms with E-state index in [1.54, 1.807) is 30.1 Å². The molecule has 0 aliphatic heterocycles. The Hall–Kier alpha value is -2.20. The molecule has 0 radical (unpaired) electrons. The highest BCUT2D eigenvalue weighted by molar-refractivity contribution is 7.89. The smallest absolute Gasteiger partial charge is 0.357 e. The zero-order valence-corrected chi connectivity index (χ0v) is 12.3. The quantitative estimate of drug-likeness (QED) is 0.687. The average molecular weight is 313 g/mol. The maximum Gasteiger partial charge on any atom is 0.357 e. The molecule has 2 aromatic heterocycles. The molecule has 10 heteroatoms. The lowest BCUT2D eigenvalue weighted by Crippen LogP contribution is -2.36. The molecule has 0 aliphatic carbocycles. The van der Waals surface area contributed by atoms with Crippen molar-refractivity contribution in [1.82, 2.24) is 24.7 Å². The lowest BCUT2D eigenvalue weighted by Gasteiger charge is -2.14. The van der Waals surface area contributed by atoms with E-state index >= 15 is 0 Å². The summed E-state index contributed by atoms with van der Waals surface area (Å²) in [5.74, 6) is -1.40. The Balaban J connectivity index is 2.22. The molecule has 3 N–H and O–H groups in total. The summed E-state index contributed by atoms with van der Waals surface area (Å²) in [4.78, 5) is 10.7. The van der Waals surface area contributed by atoms with E-state index in [1.165, 1.54) is 6.92 Å². The highest BCUT2D eigenvalue weighted by atomic mass is 32.2. The number of aromatic amines is 1. The molecule has 114 valence electrons. The van der Waals surface area contributed by atoms with Gasteiger partial charge in [-0.05, 0) is 19.9 Å². The molecule has 2 heterocycles. The molecule has 2 aromatic rings. The Labute approximate surface area is 121 Å². The summed E-state index contributed by atoms with van der Waals surface area (Å²) in [6, 6.07) is 1.26. The summed E-state index contributed by atoms with van der Waals surface area (Å²) in [6.07, 6.45) is 3.29. The summed E-state index contributed by atoms with van der Waals surface area (Å²) in [7, 11) is -3.99. The Kier molecular flexibility index (Phi) is 4.09. The van der Waals surface area contributed by atoms with Gasteiger partial charge in [-0.1, -0.05) is 0 Å². The van der Waals surface area contributed by atoms with E-state index in [9.17, 15) is 13.2 Å². The van der Waals surface area contributed by atoms with E-state index in [-0.39, 0.29) is 10.6 Å². The van der Waals surface area contributed by atoms with Gasteiger partial charge in [-0.25, -0.2) is 17.9 Å². The second kappa shape index (κ2) is 5.66. The number of carboxylic acid groups (broad SMARTS) is 1. The highest BCUT2D eigenvalue weighted by Crippen LogP contribution is 2.17. The first-order chi connectivity index (χ1) is 9.81. The third-order valence-corrected chi connectivity index (χ3v) is 4.49. The first-order valence-electron chi connectivity index (χ1n) is 6.09. The number of hydrogen-bond acceptors (Lipinski definition) is 5. The Bertz CT molecular complexity index is 735. The molecule has 0 fully saturated rings. The fourth-order valence-corrected chi connectivity index (χ4v) is 3.50. The summed E-state index contributed by atoms with van der Waals surface area (Å²) in [5.41, 5.74) is -0.350.